The van der Waals surface area contributed by atoms with Crippen molar-refractivity contribution in [2.75, 3.05) is 17.2 Å². The second-order valence-corrected chi connectivity index (χ2v) is 16.5. The summed E-state index contributed by atoms with van der Waals surface area (Å²) >= 11 is 1.62. The van der Waals surface area contributed by atoms with Gasteiger partial charge in [-0.25, -0.2) is 4.79 Å². The number of unbranched alkanes of at least 4 members (excludes halogenated alkanes) is 1. The van der Waals surface area contributed by atoms with Gasteiger partial charge in [0.15, 0.2) is 0 Å². The van der Waals surface area contributed by atoms with Crippen molar-refractivity contribution in [1.29, 1.82) is 0 Å². The summed E-state index contributed by atoms with van der Waals surface area (Å²) in [5.74, 6) is -3.60. The predicted molar refractivity (Wildman–Crippen MR) is 245 cm³/mol. The van der Waals surface area contributed by atoms with E-state index >= 15 is 0 Å². The Bertz CT molecular complexity index is 2120. The number of aliphatic carboxylic acids is 1. The standard InChI is InChI=1S/C45H55IN8O9/c1-29-10-3-4-13-35(29)53-44(63)50-33-20-17-31(18-21-33)26-39(57)51-36(14-5-6-25-48-38(56)22-19-32-11-9-24-47-28-32)41(60)52-37(15-7-16-40(58)59)42(61)54-45(43(46)62)23-8-12-34(27-45)49-30(2)55/h3-4,9-11,13,17-22,24,28,34,36-37H,5-8,12,14-16,23,25-27H2,1-2H3,(H,48,56)(H,49,55)(H,51,57)(H,52,60)(H,54,61)(H,58,59)(H2,50,53,63)/b22-19+/t34?,36-,37-,45?/m0/s1. The van der Waals surface area contributed by atoms with E-state index in [2.05, 4.69) is 42.2 Å². The third kappa shape index (κ3) is 17.2. The van der Waals surface area contributed by atoms with E-state index < -0.39 is 47.3 Å². The molecule has 2 unspecified atom stereocenters. The first-order valence-corrected chi connectivity index (χ1v) is 21.9. The first-order chi connectivity index (χ1) is 30.1. The van der Waals surface area contributed by atoms with Gasteiger partial charge < -0.3 is 42.3 Å². The molecular weight excluding hydrogens is 923 g/mol. The van der Waals surface area contributed by atoms with Crippen LogP contribution in [0.25, 0.3) is 6.08 Å². The number of hydrogen-bond donors (Lipinski definition) is 8. The van der Waals surface area contributed by atoms with Crippen molar-refractivity contribution in [2.45, 2.75) is 108 Å². The van der Waals surface area contributed by atoms with Crippen LogP contribution in [0.5, 0.6) is 0 Å². The minimum absolute atomic E-state index is 0.0256. The molecule has 1 aliphatic rings. The van der Waals surface area contributed by atoms with Gasteiger partial charge in [-0.2, -0.15) is 0 Å². The fourth-order valence-electron chi connectivity index (χ4n) is 7.14. The molecule has 1 aliphatic carbocycles. The Kier molecular flexibility index (Phi) is 19.7. The van der Waals surface area contributed by atoms with Gasteiger partial charge in [-0.3, -0.25) is 38.5 Å². The number of amides is 7. The maximum atomic E-state index is 14.0. The van der Waals surface area contributed by atoms with Crippen LogP contribution >= 0.6 is 22.6 Å². The van der Waals surface area contributed by atoms with Gasteiger partial charge in [0.25, 0.3) is 0 Å². The summed E-state index contributed by atoms with van der Waals surface area (Å²) in [6, 6.07) is 14.3. The Morgan fingerprint density at radius 1 is 0.889 bits per heavy atom. The molecule has 18 heteroatoms. The van der Waals surface area contributed by atoms with Gasteiger partial charge in [-0.05, 0) is 112 Å². The van der Waals surface area contributed by atoms with Gasteiger partial charge in [0.1, 0.15) is 17.6 Å². The molecule has 17 nitrogen and oxygen atoms in total. The molecule has 4 atom stereocenters. The minimum Gasteiger partial charge on any atom is -0.481 e. The number of rotatable bonds is 22. The van der Waals surface area contributed by atoms with Crippen molar-refractivity contribution in [1.82, 2.24) is 31.6 Å². The van der Waals surface area contributed by atoms with Crippen LogP contribution in [0.1, 0.15) is 87.8 Å². The average Bonchev–Trinajstić information content (AvgIpc) is 3.23. The maximum Gasteiger partial charge on any atom is 0.323 e. The predicted octanol–water partition coefficient (Wildman–Crippen LogP) is 4.70. The molecule has 0 radical (unpaired) electrons. The Morgan fingerprint density at radius 3 is 2.30 bits per heavy atom. The van der Waals surface area contributed by atoms with Crippen LogP contribution in [-0.4, -0.2) is 85.6 Å². The van der Waals surface area contributed by atoms with Crippen molar-refractivity contribution in [3.8, 4) is 0 Å². The molecule has 4 rings (SSSR count). The van der Waals surface area contributed by atoms with Crippen LogP contribution in [-0.2, 0) is 40.0 Å². The highest BCUT2D eigenvalue weighted by Crippen LogP contribution is 2.32. The van der Waals surface area contributed by atoms with Gasteiger partial charge >= 0.3 is 12.0 Å². The fourth-order valence-corrected chi connectivity index (χ4v) is 7.77. The van der Waals surface area contributed by atoms with Crippen LogP contribution in [0.3, 0.4) is 0 Å². The van der Waals surface area contributed by atoms with E-state index in [4.69, 9.17) is 0 Å². The summed E-state index contributed by atoms with van der Waals surface area (Å²) in [4.78, 5) is 107. The lowest BCUT2D eigenvalue weighted by Crippen LogP contribution is -2.62. The summed E-state index contributed by atoms with van der Waals surface area (Å²) < 4.78 is -0.349. The van der Waals surface area contributed by atoms with Gasteiger partial charge in [-0.15, -0.1) is 0 Å². The topological polar surface area (TPSA) is 254 Å². The van der Waals surface area contributed by atoms with Crippen LogP contribution < -0.4 is 37.2 Å². The molecule has 1 saturated carbocycles. The maximum absolute atomic E-state index is 14.0. The van der Waals surface area contributed by atoms with Crippen molar-refractivity contribution in [3.05, 3.63) is 95.8 Å². The van der Waals surface area contributed by atoms with Crippen LogP contribution in [0.2, 0.25) is 0 Å². The van der Waals surface area contributed by atoms with Crippen LogP contribution in [0.4, 0.5) is 16.2 Å². The number of carbonyl (C=O) groups excluding carboxylic acids is 7. The quantitative estimate of drug-likeness (QED) is 0.0298. The molecule has 0 saturated heterocycles. The number of para-hydroxylation sites is 1. The zero-order valence-electron chi connectivity index (χ0n) is 35.3. The Morgan fingerprint density at radius 2 is 1.62 bits per heavy atom. The molecule has 0 spiro atoms. The second-order valence-electron chi connectivity index (χ2n) is 15.5. The Labute approximate surface area is 379 Å². The number of nitrogens with one attached hydrogen (secondary N) is 7. The minimum atomic E-state index is -1.33. The van der Waals surface area contributed by atoms with Crippen LogP contribution in [0.15, 0.2) is 79.1 Å². The number of pyridine rings is 1. The van der Waals surface area contributed by atoms with Crippen molar-refractivity contribution < 1.29 is 43.5 Å². The average molecular weight is 979 g/mol. The largest absolute Gasteiger partial charge is 0.481 e. The number of carboxylic acid groups (broad SMARTS) is 1. The molecule has 63 heavy (non-hydrogen) atoms. The van der Waals surface area contributed by atoms with Crippen LogP contribution in [0, 0.1) is 6.92 Å². The van der Waals surface area contributed by atoms with Gasteiger partial charge in [0.05, 0.1) is 6.42 Å². The smallest absolute Gasteiger partial charge is 0.323 e. The Balaban J connectivity index is 1.44. The van der Waals surface area contributed by atoms with E-state index in [1.54, 1.807) is 83.5 Å². The molecule has 8 N–H and O–H groups in total. The van der Waals surface area contributed by atoms with Gasteiger partial charge in [0.2, 0.25) is 33.3 Å². The summed E-state index contributed by atoms with van der Waals surface area (Å²) in [5, 5.41) is 28.8. The summed E-state index contributed by atoms with van der Waals surface area (Å²) in [5.41, 5.74) is 2.05. The third-order valence-electron chi connectivity index (χ3n) is 10.4. The van der Waals surface area contributed by atoms with E-state index in [1.165, 1.54) is 13.0 Å². The number of aryl methyl sites for hydroxylation is 1. The second kappa shape index (κ2) is 25.1. The summed E-state index contributed by atoms with van der Waals surface area (Å²) in [6.45, 7) is 3.52. The number of halogens is 1. The molecular formula is C45H55IN8O9. The highest BCUT2D eigenvalue weighted by molar-refractivity contribution is 14.1. The Hall–Kier alpha value is -6.18. The number of benzene rings is 2. The van der Waals surface area contributed by atoms with Crippen molar-refractivity contribution >= 4 is 85.4 Å². The molecule has 336 valence electrons. The zero-order chi connectivity index (χ0) is 45.8. The molecule has 1 fully saturated rings. The number of carboxylic acids is 1. The first kappa shape index (κ1) is 49.5. The van der Waals surface area contributed by atoms with Crippen molar-refractivity contribution in [2.24, 2.45) is 0 Å². The number of carbonyl (C=O) groups is 8. The highest BCUT2D eigenvalue weighted by Gasteiger charge is 2.44. The molecule has 2 aromatic carbocycles. The molecule has 1 aromatic heterocycles. The summed E-state index contributed by atoms with van der Waals surface area (Å²) in [7, 11) is 0. The highest BCUT2D eigenvalue weighted by atomic mass is 127. The SMILES string of the molecule is CC(=O)NC1CCCC(NC(=O)[C@H](CCCC(=O)O)NC(=O)[C@H](CCCCNC(=O)/C=C/c2cccnc2)NC(=O)Cc2ccc(NC(=O)Nc3ccccc3C)cc2)(C(=O)I)C1. The molecule has 0 bridgehead atoms. The van der Waals surface area contributed by atoms with E-state index in [1.807, 2.05) is 25.1 Å². The lowest BCUT2D eigenvalue weighted by atomic mass is 9.79. The number of hydrogen-bond acceptors (Lipinski definition) is 9. The van der Waals surface area contributed by atoms with Gasteiger partial charge in [-0.1, -0.05) is 36.4 Å². The molecule has 0 aliphatic heterocycles. The first-order valence-electron chi connectivity index (χ1n) is 20.8. The lowest BCUT2D eigenvalue weighted by molar-refractivity contribution is -0.137. The van der Waals surface area contributed by atoms with E-state index in [-0.39, 0.29) is 66.7 Å². The monoisotopic (exact) mass is 978 g/mol. The number of aromatic nitrogens is 1. The number of anilines is 2. The molecule has 1 heterocycles. The number of urea groups is 1. The van der Waals surface area contributed by atoms with Gasteiger partial charge in [0, 0.05) is 78.4 Å². The fraction of sp³-hybridized carbons (Fsp3) is 0.400. The van der Waals surface area contributed by atoms with Crippen molar-refractivity contribution in [3.63, 3.8) is 0 Å². The van der Waals surface area contributed by atoms with E-state index in [9.17, 15) is 43.5 Å². The molecule has 3 aromatic rings. The molecule has 7 amide bonds. The van der Waals surface area contributed by atoms with E-state index in [0.29, 0.717) is 49.0 Å². The van der Waals surface area contributed by atoms with E-state index in [0.717, 1.165) is 11.1 Å². The number of nitrogens with zero attached hydrogens (tertiary/aromatic N) is 1. The normalized spacial score (nSPS) is 16.7. The summed E-state index contributed by atoms with van der Waals surface area (Å²) in [6.07, 6.45) is 8.32. The zero-order valence-corrected chi connectivity index (χ0v) is 37.5. The lowest BCUT2D eigenvalue weighted by Gasteiger charge is -2.40. The third-order valence-corrected chi connectivity index (χ3v) is 11.4.